The fraction of sp³-hybridized carbons (Fsp3) is 0.769. The third kappa shape index (κ3) is 10.9. The van der Waals surface area contributed by atoms with Crippen molar-refractivity contribution in [2.45, 2.75) is 50.6 Å². The zero-order valence-electron chi connectivity index (χ0n) is 13.0. The molecule has 0 radical (unpaired) electrons. The van der Waals surface area contributed by atoms with Crippen LogP contribution in [-0.4, -0.2) is 42.9 Å². The summed E-state index contributed by atoms with van der Waals surface area (Å²) in [6, 6.07) is -1.16. The first-order valence-corrected chi connectivity index (χ1v) is 7.48. The minimum absolute atomic E-state index is 0.0677. The lowest BCUT2D eigenvalue weighted by molar-refractivity contribution is -0.122. The molecule has 2 atom stereocenters. The molecule has 0 aliphatic carbocycles. The maximum absolute atomic E-state index is 11.7. The van der Waals surface area contributed by atoms with Crippen molar-refractivity contribution in [2.24, 2.45) is 33.7 Å². The van der Waals surface area contributed by atoms with Crippen LogP contribution in [0.3, 0.4) is 0 Å². The molecule has 1 unspecified atom stereocenters. The van der Waals surface area contributed by atoms with Crippen LogP contribution in [0, 0.1) is 0 Å². The van der Waals surface area contributed by atoms with Gasteiger partial charge in [0, 0.05) is 13.1 Å². The molecule has 0 fully saturated rings. The lowest BCUT2D eigenvalue weighted by Gasteiger charge is -2.12. The molecule has 22 heavy (non-hydrogen) atoms. The zero-order valence-corrected chi connectivity index (χ0v) is 13.0. The minimum atomic E-state index is -0.622. The van der Waals surface area contributed by atoms with Crippen molar-refractivity contribution < 1.29 is 9.59 Å². The van der Waals surface area contributed by atoms with Gasteiger partial charge in [0.1, 0.15) is 0 Å². The highest BCUT2D eigenvalue weighted by molar-refractivity contribution is 5.81. The number of guanidine groups is 1. The first kappa shape index (κ1) is 20.1. The molecule has 0 rings (SSSR count). The van der Waals surface area contributed by atoms with E-state index in [2.05, 4.69) is 10.3 Å². The summed E-state index contributed by atoms with van der Waals surface area (Å²) in [5.41, 5.74) is 26.7. The summed E-state index contributed by atoms with van der Waals surface area (Å²) in [7, 11) is 0. The largest absolute Gasteiger partial charge is 0.370 e. The maximum atomic E-state index is 11.7. The summed E-state index contributed by atoms with van der Waals surface area (Å²) in [6.45, 7) is 1.04. The van der Waals surface area contributed by atoms with Gasteiger partial charge in [-0.3, -0.25) is 14.6 Å². The van der Waals surface area contributed by atoms with Crippen LogP contribution in [-0.2, 0) is 9.59 Å². The standard InChI is InChI=1S/C13H29N7O2/c14-9(11(16)21)5-1-3-7-19-12(22)10(15)6-2-4-8-20-13(17)18/h9-10H,1-8,14-15H2,(H2,16,21)(H,19,22)(H4,17,18,20)/t9?,10-/m0/s1. The Bertz CT molecular complexity index is 369. The van der Waals surface area contributed by atoms with E-state index >= 15 is 0 Å². The van der Waals surface area contributed by atoms with Gasteiger partial charge in [-0.1, -0.05) is 0 Å². The molecule has 0 spiro atoms. The van der Waals surface area contributed by atoms with Crippen LogP contribution >= 0.6 is 0 Å². The van der Waals surface area contributed by atoms with Gasteiger partial charge in [0.15, 0.2) is 5.96 Å². The first-order chi connectivity index (χ1) is 10.3. The first-order valence-electron chi connectivity index (χ1n) is 7.48. The van der Waals surface area contributed by atoms with Gasteiger partial charge >= 0.3 is 0 Å². The second-order valence-electron chi connectivity index (χ2n) is 5.20. The summed E-state index contributed by atoms with van der Waals surface area (Å²) in [5.74, 6) is -0.620. The molecule has 0 aliphatic rings. The van der Waals surface area contributed by atoms with Gasteiger partial charge in [-0.05, 0) is 38.5 Å². The molecule has 0 heterocycles. The Morgan fingerprint density at radius 1 is 0.909 bits per heavy atom. The van der Waals surface area contributed by atoms with E-state index < -0.39 is 18.0 Å². The molecule has 9 heteroatoms. The van der Waals surface area contributed by atoms with Crippen LogP contribution < -0.4 is 34.0 Å². The predicted molar refractivity (Wildman–Crippen MR) is 86.5 cm³/mol. The van der Waals surface area contributed by atoms with Crippen molar-refractivity contribution in [3.63, 3.8) is 0 Å². The van der Waals surface area contributed by atoms with E-state index in [4.69, 9.17) is 28.7 Å². The van der Waals surface area contributed by atoms with Crippen molar-refractivity contribution in [2.75, 3.05) is 13.1 Å². The molecule has 9 nitrogen and oxygen atoms in total. The quantitative estimate of drug-likeness (QED) is 0.135. The highest BCUT2D eigenvalue weighted by Crippen LogP contribution is 2.01. The van der Waals surface area contributed by atoms with Crippen molar-refractivity contribution in [1.82, 2.24) is 5.32 Å². The topological polar surface area (TPSA) is 189 Å². The number of hydrogen-bond donors (Lipinski definition) is 6. The van der Waals surface area contributed by atoms with Gasteiger partial charge in [0.2, 0.25) is 11.8 Å². The van der Waals surface area contributed by atoms with E-state index in [1.54, 1.807) is 0 Å². The number of amides is 2. The Morgan fingerprint density at radius 3 is 2.09 bits per heavy atom. The predicted octanol–water partition coefficient (Wildman–Crippen LogP) is -2.14. The lowest BCUT2D eigenvalue weighted by atomic mass is 10.1. The average Bonchev–Trinajstić information content (AvgIpc) is 2.45. The van der Waals surface area contributed by atoms with Crippen molar-refractivity contribution in [3.05, 3.63) is 0 Å². The molecule has 2 amide bonds. The monoisotopic (exact) mass is 315 g/mol. The summed E-state index contributed by atoms with van der Waals surface area (Å²) in [6.07, 6.45) is 4.10. The molecule has 0 bridgehead atoms. The maximum Gasteiger partial charge on any atom is 0.236 e. The van der Waals surface area contributed by atoms with Crippen molar-refractivity contribution in [1.29, 1.82) is 0 Å². The lowest BCUT2D eigenvalue weighted by Crippen LogP contribution is -2.41. The molecule has 0 saturated carbocycles. The number of carbonyl (C=O) groups is 2. The molecule has 0 saturated heterocycles. The number of hydrogen-bond acceptors (Lipinski definition) is 5. The molecular formula is C13H29N7O2. The Balaban J connectivity index is 3.62. The van der Waals surface area contributed by atoms with E-state index in [0.29, 0.717) is 25.9 Å². The molecule has 0 aromatic carbocycles. The third-order valence-electron chi connectivity index (χ3n) is 3.16. The number of unbranched alkanes of at least 4 members (excludes halogenated alkanes) is 2. The van der Waals surface area contributed by atoms with E-state index in [1.165, 1.54) is 0 Å². The van der Waals surface area contributed by atoms with E-state index in [1.807, 2.05) is 0 Å². The van der Waals surface area contributed by atoms with Crippen molar-refractivity contribution in [3.8, 4) is 0 Å². The van der Waals surface area contributed by atoms with Gasteiger partial charge in [0.25, 0.3) is 0 Å². The van der Waals surface area contributed by atoms with Crippen LogP contribution in [0.1, 0.15) is 38.5 Å². The van der Waals surface area contributed by atoms with E-state index in [0.717, 1.165) is 25.7 Å². The molecule has 0 aromatic heterocycles. The second kappa shape index (κ2) is 11.8. The number of aliphatic imine (C=N–C) groups is 1. The fourth-order valence-electron chi connectivity index (χ4n) is 1.79. The van der Waals surface area contributed by atoms with Crippen LogP contribution in [0.5, 0.6) is 0 Å². The Morgan fingerprint density at radius 2 is 1.50 bits per heavy atom. The summed E-state index contributed by atoms with van der Waals surface area (Å²) < 4.78 is 0. The minimum Gasteiger partial charge on any atom is -0.370 e. The molecule has 128 valence electrons. The molecule has 0 aliphatic heterocycles. The van der Waals surface area contributed by atoms with E-state index in [-0.39, 0.29) is 11.9 Å². The third-order valence-corrected chi connectivity index (χ3v) is 3.16. The molecule has 0 aromatic rings. The van der Waals surface area contributed by atoms with Crippen LogP contribution in [0.15, 0.2) is 4.99 Å². The summed E-state index contributed by atoms with van der Waals surface area (Å²) in [5, 5.41) is 2.76. The Kier molecular flexibility index (Phi) is 10.8. The second-order valence-corrected chi connectivity index (χ2v) is 5.20. The van der Waals surface area contributed by atoms with Gasteiger partial charge in [-0.15, -0.1) is 0 Å². The van der Waals surface area contributed by atoms with Crippen LogP contribution in [0.2, 0.25) is 0 Å². The number of nitrogens with zero attached hydrogens (tertiary/aromatic N) is 1. The van der Waals surface area contributed by atoms with Crippen LogP contribution in [0.25, 0.3) is 0 Å². The van der Waals surface area contributed by atoms with Gasteiger partial charge < -0.3 is 34.0 Å². The highest BCUT2D eigenvalue weighted by atomic mass is 16.2. The SMILES string of the molecule is NC(=O)C(N)CCCCNC(=O)[C@@H](N)CCCCN=C(N)N. The van der Waals surface area contributed by atoms with Gasteiger partial charge in [0.05, 0.1) is 12.1 Å². The Hall–Kier alpha value is -1.87. The average molecular weight is 315 g/mol. The number of primary amides is 1. The fourth-order valence-corrected chi connectivity index (χ4v) is 1.79. The Labute approximate surface area is 131 Å². The van der Waals surface area contributed by atoms with Crippen LogP contribution in [0.4, 0.5) is 0 Å². The van der Waals surface area contributed by atoms with Crippen molar-refractivity contribution >= 4 is 17.8 Å². The molecule has 11 N–H and O–H groups in total. The zero-order chi connectivity index (χ0) is 17.0. The highest BCUT2D eigenvalue weighted by Gasteiger charge is 2.12. The van der Waals surface area contributed by atoms with Gasteiger partial charge in [-0.2, -0.15) is 0 Å². The van der Waals surface area contributed by atoms with Gasteiger partial charge in [-0.25, -0.2) is 0 Å². The number of carbonyl (C=O) groups excluding carboxylic acids is 2. The summed E-state index contributed by atoms with van der Waals surface area (Å²) in [4.78, 5) is 26.3. The smallest absolute Gasteiger partial charge is 0.236 e. The summed E-state index contributed by atoms with van der Waals surface area (Å²) >= 11 is 0. The normalized spacial score (nSPS) is 13.2. The number of rotatable bonds is 12. The number of nitrogens with one attached hydrogen (secondary N) is 1. The molecular weight excluding hydrogens is 286 g/mol. The number of nitrogens with two attached hydrogens (primary N) is 5. The van der Waals surface area contributed by atoms with E-state index in [9.17, 15) is 9.59 Å².